The number of rotatable bonds is 3. The lowest BCUT2D eigenvalue weighted by molar-refractivity contribution is -0.139. The highest BCUT2D eigenvalue weighted by Gasteiger charge is 2.33. The molecule has 0 saturated carbocycles. The van der Waals surface area contributed by atoms with E-state index < -0.39 is 6.10 Å². The molecule has 136 valence electrons. The Labute approximate surface area is 155 Å². The Hall–Kier alpha value is -2.49. The summed E-state index contributed by atoms with van der Waals surface area (Å²) in [6.45, 7) is 5.24. The van der Waals surface area contributed by atoms with Crippen LogP contribution in [0.3, 0.4) is 0 Å². The van der Waals surface area contributed by atoms with Crippen LogP contribution in [0.1, 0.15) is 30.4 Å². The van der Waals surface area contributed by atoms with Crippen LogP contribution in [0.15, 0.2) is 48.5 Å². The first-order valence-corrected chi connectivity index (χ1v) is 9.56. The first-order valence-electron chi connectivity index (χ1n) is 9.56. The fourth-order valence-corrected chi connectivity index (χ4v) is 3.90. The zero-order chi connectivity index (χ0) is 17.9. The molecule has 4 rings (SSSR count). The van der Waals surface area contributed by atoms with E-state index in [0.29, 0.717) is 6.54 Å². The molecule has 2 aromatic rings. The van der Waals surface area contributed by atoms with Gasteiger partial charge in [0.2, 0.25) is 0 Å². The van der Waals surface area contributed by atoms with E-state index in [2.05, 4.69) is 42.2 Å². The highest BCUT2D eigenvalue weighted by Crippen LogP contribution is 2.35. The van der Waals surface area contributed by atoms with Crippen LogP contribution in [-0.4, -0.2) is 36.5 Å². The molecule has 2 aliphatic heterocycles. The van der Waals surface area contributed by atoms with Gasteiger partial charge in [0, 0.05) is 19.6 Å². The maximum atomic E-state index is 13.0. The van der Waals surface area contributed by atoms with E-state index in [0.717, 1.165) is 43.9 Å². The molecule has 1 saturated heterocycles. The summed E-state index contributed by atoms with van der Waals surface area (Å²) in [6.07, 6.45) is 2.99. The third-order valence-corrected chi connectivity index (χ3v) is 5.43. The average Bonchev–Trinajstić information content (AvgIpc) is 2.69. The largest absolute Gasteiger partial charge is 0.477 e. The van der Waals surface area contributed by atoms with Crippen LogP contribution >= 0.6 is 0 Å². The molecule has 2 aliphatic rings. The second-order valence-corrected chi connectivity index (χ2v) is 7.27. The number of nitrogens with zero attached hydrogens (tertiary/aromatic N) is 2. The van der Waals surface area contributed by atoms with E-state index >= 15 is 0 Å². The van der Waals surface area contributed by atoms with E-state index in [1.807, 2.05) is 23.1 Å². The molecular formula is C22H26N2O2. The highest BCUT2D eigenvalue weighted by atomic mass is 16.5. The summed E-state index contributed by atoms with van der Waals surface area (Å²) in [5.74, 6) is 0.941. The van der Waals surface area contributed by atoms with Crippen molar-refractivity contribution in [2.24, 2.45) is 0 Å². The molecule has 2 aromatic carbocycles. The van der Waals surface area contributed by atoms with Crippen LogP contribution in [0.5, 0.6) is 5.75 Å². The minimum Gasteiger partial charge on any atom is -0.477 e. The number of benzene rings is 2. The minimum absolute atomic E-state index is 0.133. The lowest BCUT2D eigenvalue weighted by Gasteiger charge is -2.38. The molecular weight excluding hydrogens is 324 g/mol. The standard InChI is InChI=1S/C22H26N2O2/c1-17-9-3-4-10-18(17)15-24-16-21(22(25)23-13-7-2-8-14-23)26-20-12-6-5-11-19(20)24/h3-6,9-12,21H,2,7-8,13-16H2,1H3. The minimum atomic E-state index is -0.424. The van der Waals surface area contributed by atoms with Crippen molar-refractivity contribution in [3.05, 3.63) is 59.7 Å². The van der Waals surface area contributed by atoms with E-state index in [-0.39, 0.29) is 5.91 Å². The topological polar surface area (TPSA) is 32.8 Å². The zero-order valence-corrected chi connectivity index (χ0v) is 15.4. The van der Waals surface area contributed by atoms with Gasteiger partial charge in [0.05, 0.1) is 12.2 Å². The van der Waals surface area contributed by atoms with Gasteiger partial charge in [-0.2, -0.15) is 0 Å². The fraction of sp³-hybridized carbons (Fsp3) is 0.409. The summed E-state index contributed by atoms with van der Waals surface area (Å²) >= 11 is 0. The zero-order valence-electron chi connectivity index (χ0n) is 15.4. The lowest BCUT2D eigenvalue weighted by atomic mass is 10.1. The van der Waals surface area contributed by atoms with Crippen LogP contribution in [0.2, 0.25) is 0 Å². The van der Waals surface area contributed by atoms with Crippen LogP contribution in [-0.2, 0) is 11.3 Å². The summed E-state index contributed by atoms with van der Waals surface area (Å²) in [5, 5.41) is 0. The monoisotopic (exact) mass is 350 g/mol. The third kappa shape index (κ3) is 3.41. The van der Waals surface area contributed by atoms with E-state index in [1.54, 1.807) is 0 Å². The SMILES string of the molecule is Cc1ccccc1CN1CC(C(=O)N2CCCCC2)Oc2ccccc21. The molecule has 1 amide bonds. The number of anilines is 1. The molecule has 4 nitrogen and oxygen atoms in total. The number of carbonyl (C=O) groups excluding carboxylic acids is 1. The normalized spacial score (nSPS) is 19.7. The number of hydrogen-bond donors (Lipinski definition) is 0. The number of hydrogen-bond acceptors (Lipinski definition) is 3. The molecule has 0 N–H and O–H groups in total. The number of ether oxygens (including phenoxy) is 1. The first-order chi connectivity index (χ1) is 12.7. The van der Waals surface area contributed by atoms with Gasteiger partial charge in [-0.05, 0) is 49.4 Å². The maximum Gasteiger partial charge on any atom is 0.265 e. The Balaban J connectivity index is 1.58. The van der Waals surface area contributed by atoms with Crippen molar-refractivity contribution in [3.63, 3.8) is 0 Å². The van der Waals surface area contributed by atoms with Crippen molar-refractivity contribution < 1.29 is 9.53 Å². The van der Waals surface area contributed by atoms with Crippen molar-refractivity contribution >= 4 is 11.6 Å². The van der Waals surface area contributed by atoms with Crippen LogP contribution in [0, 0.1) is 6.92 Å². The highest BCUT2D eigenvalue weighted by molar-refractivity contribution is 5.83. The van der Waals surface area contributed by atoms with Crippen molar-refractivity contribution in [1.29, 1.82) is 0 Å². The molecule has 0 aromatic heterocycles. The molecule has 4 heteroatoms. The molecule has 0 bridgehead atoms. The number of fused-ring (bicyclic) bond motifs is 1. The van der Waals surface area contributed by atoms with Gasteiger partial charge in [0.15, 0.2) is 6.10 Å². The number of piperidine rings is 1. The van der Waals surface area contributed by atoms with Gasteiger partial charge in [0.1, 0.15) is 5.75 Å². The Bertz CT molecular complexity index is 783. The second kappa shape index (κ2) is 7.40. The molecule has 0 spiro atoms. The average molecular weight is 350 g/mol. The summed E-state index contributed by atoms with van der Waals surface area (Å²) in [7, 11) is 0. The van der Waals surface area contributed by atoms with E-state index in [9.17, 15) is 4.79 Å². The molecule has 26 heavy (non-hydrogen) atoms. The molecule has 1 unspecified atom stereocenters. The predicted octanol–water partition coefficient (Wildman–Crippen LogP) is 3.78. The predicted molar refractivity (Wildman–Crippen MR) is 104 cm³/mol. The maximum absolute atomic E-state index is 13.0. The fourth-order valence-electron chi connectivity index (χ4n) is 3.90. The summed E-state index contributed by atoms with van der Waals surface area (Å²) < 4.78 is 6.11. The summed E-state index contributed by atoms with van der Waals surface area (Å²) in [4.78, 5) is 17.3. The Morgan fingerprint density at radius 1 is 1.04 bits per heavy atom. The van der Waals surface area contributed by atoms with Crippen molar-refractivity contribution in [2.75, 3.05) is 24.5 Å². The summed E-state index contributed by atoms with van der Waals surface area (Å²) in [5.41, 5.74) is 3.63. The quantitative estimate of drug-likeness (QED) is 0.845. The van der Waals surface area contributed by atoms with E-state index in [4.69, 9.17) is 4.74 Å². The van der Waals surface area contributed by atoms with Gasteiger partial charge in [-0.15, -0.1) is 0 Å². The van der Waals surface area contributed by atoms with Crippen molar-refractivity contribution in [1.82, 2.24) is 4.90 Å². The number of carbonyl (C=O) groups is 1. The van der Waals surface area contributed by atoms with Gasteiger partial charge in [-0.25, -0.2) is 0 Å². The van der Waals surface area contributed by atoms with Crippen LogP contribution in [0.4, 0.5) is 5.69 Å². The molecule has 0 radical (unpaired) electrons. The summed E-state index contributed by atoms with van der Waals surface area (Å²) in [6, 6.07) is 16.5. The Kier molecular flexibility index (Phi) is 4.83. The van der Waals surface area contributed by atoms with Gasteiger partial charge < -0.3 is 14.5 Å². The molecule has 1 fully saturated rings. The van der Waals surface area contributed by atoms with Gasteiger partial charge in [-0.1, -0.05) is 36.4 Å². The van der Waals surface area contributed by atoms with E-state index in [1.165, 1.54) is 17.5 Å². The molecule has 0 aliphatic carbocycles. The first kappa shape index (κ1) is 17.0. The van der Waals surface area contributed by atoms with Crippen molar-refractivity contribution in [3.8, 4) is 5.75 Å². The lowest BCUT2D eigenvalue weighted by Crippen LogP contribution is -2.51. The second-order valence-electron chi connectivity index (χ2n) is 7.27. The molecule has 1 atom stereocenters. The number of para-hydroxylation sites is 2. The van der Waals surface area contributed by atoms with Gasteiger partial charge >= 0.3 is 0 Å². The Morgan fingerprint density at radius 2 is 1.77 bits per heavy atom. The smallest absolute Gasteiger partial charge is 0.265 e. The van der Waals surface area contributed by atoms with Gasteiger partial charge in [-0.3, -0.25) is 4.79 Å². The van der Waals surface area contributed by atoms with Crippen molar-refractivity contribution in [2.45, 2.75) is 38.8 Å². The number of amides is 1. The van der Waals surface area contributed by atoms with Crippen LogP contribution < -0.4 is 9.64 Å². The third-order valence-electron chi connectivity index (χ3n) is 5.43. The van der Waals surface area contributed by atoms with Crippen LogP contribution in [0.25, 0.3) is 0 Å². The number of aryl methyl sites for hydroxylation is 1. The van der Waals surface area contributed by atoms with Gasteiger partial charge in [0.25, 0.3) is 5.91 Å². The Morgan fingerprint density at radius 3 is 2.58 bits per heavy atom. The molecule has 2 heterocycles. The number of likely N-dealkylation sites (tertiary alicyclic amines) is 1.